The summed E-state index contributed by atoms with van der Waals surface area (Å²) in [4.78, 5) is 62.6. The Hall–Kier alpha value is -7.24. The van der Waals surface area contributed by atoms with Crippen LogP contribution in [0.2, 0.25) is 0 Å². The monoisotopic (exact) mass is 912 g/mol. The van der Waals surface area contributed by atoms with Crippen molar-refractivity contribution < 1.29 is 45.5 Å². The minimum absolute atomic E-state index is 0.119. The molecule has 2 aliphatic heterocycles. The van der Waals surface area contributed by atoms with Gasteiger partial charge in [0.2, 0.25) is 23.7 Å². The molecule has 2 aliphatic rings. The van der Waals surface area contributed by atoms with E-state index in [1.165, 1.54) is 36.4 Å². The minimum Gasteiger partial charge on any atom is -0.337 e. The highest BCUT2D eigenvalue weighted by molar-refractivity contribution is 6.05. The second-order valence-electron chi connectivity index (χ2n) is 16.2. The lowest BCUT2D eigenvalue weighted by atomic mass is 10.0. The maximum Gasteiger partial charge on any atom is 0.416 e. The second-order valence-corrected chi connectivity index (χ2v) is 16.2. The summed E-state index contributed by atoms with van der Waals surface area (Å²) in [6.45, 7) is 13.0. The Balaban J connectivity index is 0.000000196. The molecule has 2 atom stereocenters. The number of fused-ring (bicyclic) bond motifs is 2. The van der Waals surface area contributed by atoms with Crippen LogP contribution in [0.1, 0.15) is 80.7 Å². The molecule has 18 heteroatoms. The number of aromatic nitrogens is 4. The fraction of sp³-hybridized carbons (Fsp3) is 0.292. The lowest BCUT2D eigenvalue weighted by Gasteiger charge is -2.33. The third-order valence-electron chi connectivity index (χ3n) is 11.5. The lowest BCUT2D eigenvalue weighted by molar-refractivity contribution is -0.138. The molecule has 8 rings (SSSR count). The fourth-order valence-electron chi connectivity index (χ4n) is 8.34. The molecule has 12 nitrogen and oxygen atoms in total. The molecule has 66 heavy (non-hydrogen) atoms. The zero-order chi connectivity index (χ0) is 47.5. The molecule has 2 saturated heterocycles. The molecule has 0 saturated carbocycles. The van der Waals surface area contributed by atoms with Gasteiger partial charge in [-0.2, -0.15) is 26.3 Å². The Labute approximate surface area is 375 Å². The van der Waals surface area contributed by atoms with Gasteiger partial charge in [-0.05, 0) is 123 Å². The standard InChI is InChI=1S/2C24H23F3N4O2/c2*1-3-21(32)30-11-5-8-18(14-30)31-20-10-9-15(2)12-19(20)28-23(31)29-22(33)16-6-4-7-17(13-16)24(25,26)27/h2*3-4,6-7,9-10,12-13,18H,1,5,8,11,14H2,2H3,(H,28,29,33)/t18-;/m0./s1. The number of rotatable bonds is 8. The second kappa shape index (κ2) is 19.1. The number of amides is 4. The first kappa shape index (κ1) is 46.7. The van der Waals surface area contributed by atoms with Gasteiger partial charge < -0.3 is 18.9 Å². The summed E-state index contributed by atoms with van der Waals surface area (Å²) in [5.74, 6) is -1.26. The number of anilines is 2. The Morgan fingerprint density at radius 3 is 1.36 bits per heavy atom. The Morgan fingerprint density at radius 2 is 1.00 bits per heavy atom. The van der Waals surface area contributed by atoms with E-state index in [1.807, 2.05) is 59.4 Å². The van der Waals surface area contributed by atoms with Gasteiger partial charge in [-0.1, -0.05) is 37.4 Å². The molecule has 4 heterocycles. The van der Waals surface area contributed by atoms with E-state index in [1.54, 1.807) is 9.80 Å². The first-order valence-electron chi connectivity index (χ1n) is 21.1. The van der Waals surface area contributed by atoms with Crippen molar-refractivity contribution >= 4 is 57.6 Å². The van der Waals surface area contributed by atoms with Crippen LogP contribution in [0.15, 0.2) is 110 Å². The normalized spacial score (nSPS) is 16.6. The Bertz CT molecular complexity index is 2660. The molecular weight excluding hydrogens is 867 g/mol. The number of halogens is 6. The number of hydrogen-bond donors (Lipinski definition) is 2. The summed E-state index contributed by atoms with van der Waals surface area (Å²) >= 11 is 0. The van der Waals surface area contributed by atoms with Gasteiger partial charge in [0.25, 0.3) is 11.8 Å². The number of alkyl halides is 6. The van der Waals surface area contributed by atoms with Crippen molar-refractivity contribution in [2.24, 2.45) is 0 Å². The number of piperidine rings is 2. The van der Waals surface area contributed by atoms with Gasteiger partial charge in [0.05, 0.1) is 45.3 Å². The van der Waals surface area contributed by atoms with Crippen molar-refractivity contribution in [3.63, 3.8) is 0 Å². The van der Waals surface area contributed by atoms with Crippen LogP contribution in [0.4, 0.5) is 38.2 Å². The van der Waals surface area contributed by atoms with E-state index in [0.717, 1.165) is 72.1 Å². The first-order chi connectivity index (χ1) is 31.3. The molecule has 2 N–H and O–H groups in total. The molecule has 4 amide bonds. The topological polar surface area (TPSA) is 134 Å². The van der Waals surface area contributed by atoms with E-state index in [0.29, 0.717) is 37.2 Å². The fourth-order valence-corrected chi connectivity index (χ4v) is 8.34. The Kier molecular flexibility index (Phi) is 13.5. The van der Waals surface area contributed by atoms with Crippen molar-refractivity contribution in [2.45, 2.75) is 64.0 Å². The number of likely N-dealkylation sites (tertiary alicyclic amines) is 2. The molecule has 344 valence electrons. The molecule has 0 spiro atoms. The average Bonchev–Trinajstić information content (AvgIpc) is 3.84. The molecule has 2 aromatic heterocycles. The van der Waals surface area contributed by atoms with Gasteiger partial charge in [0.1, 0.15) is 0 Å². The van der Waals surface area contributed by atoms with E-state index in [2.05, 4.69) is 33.8 Å². The SMILES string of the molecule is C=CC(=O)N1CCCC(n2c(NC(=O)c3cccc(C(F)(F)F)c3)nc3cc(C)ccc32)C1.C=CC(=O)N1CCC[C@H](n2c(NC(=O)c3cccc(C(F)(F)F)c3)nc3cc(C)ccc32)C1. The van der Waals surface area contributed by atoms with Crippen LogP contribution in [0.25, 0.3) is 22.1 Å². The largest absolute Gasteiger partial charge is 0.416 e. The van der Waals surface area contributed by atoms with Crippen molar-refractivity contribution in [1.82, 2.24) is 28.9 Å². The van der Waals surface area contributed by atoms with Gasteiger partial charge in [-0.15, -0.1) is 0 Å². The molecule has 1 unspecified atom stereocenters. The number of carbonyl (C=O) groups is 4. The Morgan fingerprint density at radius 1 is 0.606 bits per heavy atom. The molecule has 2 fully saturated rings. The van der Waals surface area contributed by atoms with Crippen molar-refractivity contribution in [3.05, 3.63) is 144 Å². The maximum absolute atomic E-state index is 13.1. The predicted octanol–water partition coefficient (Wildman–Crippen LogP) is 9.93. The molecule has 0 radical (unpaired) electrons. The number of aryl methyl sites for hydroxylation is 2. The first-order valence-corrected chi connectivity index (χ1v) is 21.1. The van der Waals surface area contributed by atoms with Crippen LogP contribution in [0.5, 0.6) is 0 Å². The van der Waals surface area contributed by atoms with Crippen molar-refractivity contribution in [2.75, 3.05) is 36.8 Å². The van der Waals surface area contributed by atoms with Crippen LogP contribution in [-0.4, -0.2) is 78.7 Å². The number of nitrogens with one attached hydrogen (secondary N) is 2. The summed E-state index contributed by atoms with van der Waals surface area (Å²) in [7, 11) is 0. The van der Waals surface area contributed by atoms with Crippen LogP contribution < -0.4 is 10.6 Å². The maximum atomic E-state index is 13.1. The summed E-state index contributed by atoms with van der Waals surface area (Å²) in [6.07, 6.45) is -3.52. The molecule has 0 aliphatic carbocycles. The average molecular weight is 913 g/mol. The third-order valence-corrected chi connectivity index (χ3v) is 11.5. The van der Waals surface area contributed by atoms with Crippen molar-refractivity contribution in [1.29, 1.82) is 0 Å². The van der Waals surface area contributed by atoms with E-state index in [9.17, 15) is 45.5 Å². The predicted molar refractivity (Wildman–Crippen MR) is 238 cm³/mol. The molecule has 0 bridgehead atoms. The van der Waals surface area contributed by atoms with E-state index >= 15 is 0 Å². The van der Waals surface area contributed by atoms with Crippen LogP contribution in [0.3, 0.4) is 0 Å². The quantitative estimate of drug-likeness (QED) is 0.115. The summed E-state index contributed by atoms with van der Waals surface area (Å²) in [5.41, 5.74) is 2.79. The van der Waals surface area contributed by atoms with Crippen molar-refractivity contribution in [3.8, 4) is 0 Å². The summed E-state index contributed by atoms with van der Waals surface area (Å²) < 4.78 is 82.2. The van der Waals surface area contributed by atoms with E-state index < -0.39 is 35.3 Å². The van der Waals surface area contributed by atoms with Gasteiger partial charge in [0, 0.05) is 37.3 Å². The third kappa shape index (κ3) is 10.3. The van der Waals surface area contributed by atoms with Gasteiger partial charge in [-0.25, -0.2) is 9.97 Å². The molecular formula is C48H46F6N8O4. The zero-order valence-corrected chi connectivity index (χ0v) is 36.0. The number of nitrogens with zero attached hydrogens (tertiary/aromatic N) is 6. The van der Waals surface area contributed by atoms with Gasteiger partial charge >= 0.3 is 12.4 Å². The highest BCUT2D eigenvalue weighted by Crippen LogP contribution is 2.35. The van der Waals surface area contributed by atoms with Crippen LogP contribution >= 0.6 is 0 Å². The summed E-state index contributed by atoms with van der Waals surface area (Å²) in [6, 6.07) is 19.6. The zero-order valence-electron chi connectivity index (χ0n) is 36.0. The lowest BCUT2D eigenvalue weighted by Crippen LogP contribution is -2.40. The van der Waals surface area contributed by atoms with Gasteiger partial charge in [0.15, 0.2) is 0 Å². The molecule has 6 aromatic rings. The summed E-state index contributed by atoms with van der Waals surface area (Å²) in [5, 5.41) is 5.38. The van der Waals surface area contributed by atoms with E-state index in [4.69, 9.17) is 0 Å². The smallest absolute Gasteiger partial charge is 0.337 e. The number of benzene rings is 4. The highest BCUT2D eigenvalue weighted by Gasteiger charge is 2.33. The van der Waals surface area contributed by atoms with E-state index in [-0.39, 0.29) is 46.9 Å². The highest BCUT2D eigenvalue weighted by atomic mass is 19.4. The van der Waals surface area contributed by atoms with Crippen LogP contribution in [0, 0.1) is 13.8 Å². The molecule has 4 aromatic carbocycles. The van der Waals surface area contributed by atoms with Gasteiger partial charge in [-0.3, -0.25) is 29.8 Å². The van der Waals surface area contributed by atoms with Crippen LogP contribution in [-0.2, 0) is 21.9 Å². The minimum atomic E-state index is -4.55. The number of imidazole rings is 2. The number of hydrogen-bond acceptors (Lipinski definition) is 6. The number of carbonyl (C=O) groups excluding carboxylic acids is 4.